The van der Waals surface area contributed by atoms with Gasteiger partial charge in [-0.2, -0.15) is 0 Å². The highest BCUT2D eigenvalue weighted by Gasteiger charge is 2.20. The summed E-state index contributed by atoms with van der Waals surface area (Å²) >= 11 is 6.15. The van der Waals surface area contributed by atoms with E-state index in [2.05, 4.69) is 5.32 Å². The van der Waals surface area contributed by atoms with E-state index >= 15 is 0 Å². The summed E-state index contributed by atoms with van der Waals surface area (Å²) in [6, 6.07) is 15.8. The number of nitrogens with two attached hydrogens (primary N) is 1. The Kier molecular flexibility index (Phi) is 8.42. The van der Waals surface area contributed by atoms with Crippen LogP contribution in [0.2, 0.25) is 5.02 Å². The molecule has 0 atom stereocenters. The Balaban J connectivity index is 0.00000261. The zero-order valence-corrected chi connectivity index (χ0v) is 16.8. The number of hydrogen-bond donors (Lipinski definition) is 2. The fraction of sp³-hybridized carbons (Fsp3) is 0.381. The first-order valence-electron chi connectivity index (χ1n) is 9.10. The summed E-state index contributed by atoms with van der Waals surface area (Å²) in [5.74, 6) is 0.785. The maximum absolute atomic E-state index is 12.3. The largest absolute Gasteiger partial charge is 0.489 e. The van der Waals surface area contributed by atoms with Crippen LogP contribution < -0.4 is 15.8 Å². The monoisotopic (exact) mass is 408 g/mol. The number of carbonyl (C=O) groups excluding carboxylic acids is 1. The summed E-state index contributed by atoms with van der Waals surface area (Å²) in [6.07, 6.45) is 4.25. The van der Waals surface area contributed by atoms with Crippen LogP contribution in [0.5, 0.6) is 5.75 Å². The SMILES string of the molecule is Cl.NC1CCC(NC(=O)Cc2cccc(OCc3ccccc3Cl)c2)CC1. The molecule has 0 saturated heterocycles. The quantitative estimate of drug-likeness (QED) is 0.749. The molecule has 2 aromatic rings. The van der Waals surface area contributed by atoms with E-state index in [0.717, 1.165) is 42.6 Å². The first-order valence-corrected chi connectivity index (χ1v) is 9.48. The van der Waals surface area contributed by atoms with Crippen molar-refractivity contribution in [1.82, 2.24) is 5.32 Å². The molecule has 0 aliphatic heterocycles. The summed E-state index contributed by atoms with van der Waals surface area (Å²) in [4.78, 5) is 12.3. The Labute approximate surface area is 171 Å². The molecule has 1 amide bonds. The topological polar surface area (TPSA) is 64.3 Å². The van der Waals surface area contributed by atoms with Crippen LogP contribution in [0.25, 0.3) is 0 Å². The van der Waals surface area contributed by atoms with Gasteiger partial charge in [-0.15, -0.1) is 12.4 Å². The van der Waals surface area contributed by atoms with Gasteiger partial charge in [0, 0.05) is 22.7 Å². The first kappa shape index (κ1) is 21.5. The van der Waals surface area contributed by atoms with Crippen molar-refractivity contribution in [3.63, 3.8) is 0 Å². The molecule has 1 aliphatic carbocycles. The third kappa shape index (κ3) is 6.73. The molecular formula is C21H26Cl2N2O2. The van der Waals surface area contributed by atoms with E-state index in [0.29, 0.717) is 18.1 Å². The molecular weight excluding hydrogens is 383 g/mol. The summed E-state index contributed by atoms with van der Waals surface area (Å²) in [7, 11) is 0. The van der Waals surface area contributed by atoms with Crippen molar-refractivity contribution < 1.29 is 9.53 Å². The molecule has 0 unspecified atom stereocenters. The lowest BCUT2D eigenvalue weighted by atomic mass is 9.91. The minimum Gasteiger partial charge on any atom is -0.489 e. The highest BCUT2D eigenvalue weighted by atomic mass is 35.5. The lowest BCUT2D eigenvalue weighted by Gasteiger charge is -2.26. The number of benzene rings is 2. The molecule has 3 rings (SSSR count). The van der Waals surface area contributed by atoms with Crippen LogP contribution >= 0.6 is 24.0 Å². The second-order valence-corrected chi connectivity index (χ2v) is 7.29. The van der Waals surface area contributed by atoms with E-state index in [1.54, 1.807) is 0 Å². The van der Waals surface area contributed by atoms with Gasteiger partial charge in [0.1, 0.15) is 12.4 Å². The Bertz CT molecular complexity index is 746. The average molecular weight is 409 g/mol. The van der Waals surface area contributed by atoms with Gasteiger partial charge in [-0.05, 0) is 49.4 Å². The molecule has 0 aromatic heterocycles. The Morgan fingerprint density at radius 3 is 2.59 bits per heavy atom. The fourth-order valence-electron chi connectivity index (χ4n) is 3.25. The van der Waals surface area contributed by atoms with Crippen LogP contribution in [0.4, 0.5) is 0 Å². The minimum absolute atomic E-state index is 0. The Hall–Kier alpha value is -1.75. The average Bonchev–Trinajstić information content (AvgIpc) is 2.63. The molecule has 6 heteroatoms. The molecule has 1 saturated carbocycles. The van der Waals surface area contributed by atoms with E-state index in [9.17, 15) is 4.79 Å². The number of ether oxygens (including phenoxy) is 1. The number of nitrogens with one attached hydrogen (secondary N) is 1. The smallest absolute Gasteiger partial charge is 0.224 e. The van der Waals surface area contributed by atoms with Crippen molar-refractivity contribution in [3.8, 4) is 5.75 Å². The maximum Gasteiger partial charge on any atom is 0.224 e. The summed E-state index contributed by atoms with van der Waals surface area (Å²) < 4.78 is 5.83. The van der Waals surface area contributed by atoms with Crippen LogP contribution in [0.15, 0.2) is 48.5 Å². The van der Waals surface area contributed by atoms with Crippen molar-refractivity contribution >= 4 is 29.9 Å². The zero-order chi connectivity index (χ0) is 18.4. The van der Waals surface area contributed by atoms with Crippen LogP contribution in [-0.2, 0) is 17.8 Å². The molecule has 2 aromatic carbocycles. The summed E-state index contributed by atoms with van der Waals surface area (Å²) in [6.45, 7) is 0.400. The standard InChI is InChI=1S/C21H25ClN2O2.ClH/c22-20-7-2-1-5-16(20)14-26-19-6-3-4-15(12-19)13-21(25)24-18-10-8-17(23)9-11-18;/h1-7,12,17-18H,8-11,13-14,23H2,(H,24,25);1H. The van der Waals surface area contributed by atoms with Gasteiger partial charge in [0.2, 0.25) is 5.91 Å². The third-order valence-corrected chi connectivity index (χ3v) is 5.12. The molecule has 1 fully saturated rings. The van der Waals surface area contributed by atoms with Crippen molar-refractivity contribution in [2.45, 2.75) is 50.8 Å². The number of rotatable bonds is 6. The molecule has 0 bridgehead atoms. The van der Waals surface area contributed by atoms with Gasteiger partial charge in [0.15, 0.2) is 0 Å². The van der Waals surface area contributed by atoms with Crippen molar-refractivity contribution in [2.24, 2.45) is 5.73 Å². The summed E-state index contributed by atoms with van der Waals surface area (Å²) in [5.41, 5.74) is 7.79. The molecule has 0 radical (unpaired) electrons. The molecule has 0 spiro atoms. The maximum atomic E-state index is 12.3. The normalized spacial score (nSPS) is 19.0. The third-order valence-electron chi connectivity index (χ3n) is 4.75. The molecule has 146 valence electrons. The van der Waals surface area contributed by atoms with E-state index in [4.69, 9.17) is 22.1 Å². The highest BCUT2D eigenvalue weighted by Crippen LogP contribution is 2.20. The predicted octanol–water partition coefficient (Wildman–Crippen LogP) is 4.27. The van der Waals surface area contributed by atoms with Crippen molar-refractivity contribution in [1.29, 1.82) is 0 Å². The number of hydrogen-bond acceptors (Lipinski definition) is 3. The molecule has 0 heterocycles. The lowest BCUT2D eigenvalue weighted by Crippen LogP contribution is -2.41. The Morgan fingerprint density at radius 1 is 1.11 bits per heavy atom. The molecule has 27 heavy (non-hydrogen) atoms. The van der Waals surface area contributed by atoms with Gasteiger partial charge in [-0.1, -0.05) is 41.9 Å². The van der Waals surface area contributed by atoms with Crippen LogP contribution in [0.3, 0.4) is 0 Å². The van der Waals surface area contributed by atoms with Gasteiger partial charge in [0.25, 0.3) is 0 Å². The minimum atomic E-state index is 0. The molecule has 3 N–H and O–H groups in total. The second-order valence-electron chi connectivity index (χ2n) is 6.88. The van der Waals surface area contributed by atoms with Gasteiger partial charge in [-0.3, -0.25) is 4.79 Å². The van der Waals surface area contributed by atoms with Gasteiger partial charge in [0.05, 0.1) is 6.42 Å². The van der Waals surface area contributed by atoms with Gasteiger partial charge in [-0.25, -0.2) is 0 Å². The van der Waals surface area contributed by atoms with E-state index < -0.39 is 0 Å². The van der Waals surface area contributed by atoms with Crippen molar-refractivity contribution in [3.05, 3.63) is 64.7 Å². The highest BCUT2D eigenvalue weighted by molar-refractivity contribution is 6.31. The van der Waals surface area contributed by atoms with E-state index in [-0.39, 0.29) is 30.4 Å². The number of amides is 1. The van der Waals surface area contributed by atoms with Crippen LogP contribution in [0.1, 0.15) is 36.8 Å². The van der Waals surface area contributed by atoms with Crippen LogP contribution in [-0.4, -0.2) is 18.0 Å². The second kappa shape index (κ2) is 10.5. The first-order chi connectivity index (χ1) is 12.6. The summed E-state index contributed by atoms with van der Waals surface area (Å²) in [5, 5.41) is 3.81. The number of halogens is 2. The lowest BCUT2D eigenvalue weighted by molar-refractivity contribution is -0.121. The van der Waals surface area contributed by atoms with E-state index in [1.807, 2.05) is 48.5 Å². The zero-order valence-electron chi connectivity index (χ0n) is 15.2. The number of carbonyl (C=O) groups is 1. The van der Waals surface area contributed by atoms with Crippen LogP contribution in [0, 0.1) is 0 Å². The van der Waals surface area contributed by atoms with Gasteiger partial charge >= 0.3 is 0 Å². The Morgan fingerprint density at radius 2 is 1.85 bits per heavy atom. The fourth-order valence-corrected chi connectivity index (χ4v) is 3.44. The van der Waals surface area contributed by atoms with Crippen molar-refractivity contribution in [2.75, 3.05) is 0 Å². The molecule has 1 aliphatic rings. The molecule has 4 nitrogen and oxygen atoms in total. The van der Waals surface area contributed by atoms with E-state index in [1.165, 1.54) is 0 Å². The van der Waals surface area contributed by atoms with Gasteiger partial charge < -0.3 is 15.8 Å². The predicted molar refractivity (Wildman–Crippen MR) is 112 cm³/mol.